The zero-order valence-electron chi connectivity index (χ0n) is 53.4. The molecular weight excluding hydrogens is 1100 g/mol. The van der Waals surface area contributed by atoms with Crippen molar-refractivity contribution in [2.45, 2.75) is 187 Å². The normalized spacial score (nSPS) is 19.4. The first-order valence-electron chi connectivity index (χ1n) is 33.3. The van der Waals surface area contributed by atoms with Gasteiger partial charge in [-0.1, -0.05) is 156 Å². The number of carbonyl (C=O) groups excluding carboxylic acids is 8. The SMILES string of the molecule is CC[C@@H](C)C(=O)N[C@H](C(=O)N1CCC[C@H]1CN(CCc1ccccc1)C(=O)[C@@H](C)CC(=O)c1ccc(-c2ccc(C(=O)N[C@H](C)C(=O)N(CCc3ccccc3)C[C@@H]3CCCN3C(=O)[C@@H](CC(=O)[C@H](C)NC)C3CCCCC3)cc2)cc1)C1CCCCC1. The lowest BCUT2D eigenvalue weighted by atomic mass is 9.76. The smallest absolute Gasteiger partial charge is 0.251 e. The van der Waals surface area contributed by atoms with Crippen molar-refractivity contribution in [2.75, 3.05) is 46.3 Å². The largest absolute Gasteiger partial charge is 0.344 e. The average molecular weight is 1200 g/mol. The molecule has 2 saturated carbocycles. The molecule has 0 bridgehead atoms. The van der Waals surface area contributed by atoms with E-state index >= 15 is 0 Å². The zero-order chi connectivity index (χ0) is 62.7. The number of nitrogens with one attached hydrogen (secondary N) is 3. The summed E-state index contributed by atoms with van der Waals surface area (Å²) in [7, 11) is 1.77. The van der Waals surface area contributed by atoms with E-state index in [2.05, 4.69) is 16.0 Å². The number of rotatable bonds is 29. The van der Waals surface area contributed by atoms with Crippen molar-refractivity contribution in [3.63, 3.8) is 0 Å². The highest BCUT2D eigenvalue weighted by atomic mass is 16.2. The molecule has 2 heterocycles. The maximum atomic E-state index is 14.6. The third-order valence-corrected chi connectivity index (χ3v) is 19.8. The Kier molecular flexibility index (Phi) is 25.1. The van der Waals surface area contributed by atoms with E-state index in [1.807, 2.05) is 127 Å². The summed E-state index contributed by atoms with van der Waals surface area (Å²) in [6, 6.07) is 32.2. The minimum atomic E-state index is -0.863. The summed E-state index contributed by atoms with van der Waals surface area (Å²) < 4.78 is 0. The van der Waals surface area contributed by atoms with Crippen LogP contribution in [0.1, 0.15) is 176 Å². The Balaban J connectivity index is 0.887. The van der Waals surface area contributed by atoms with Crippen molar-refractivity contribution in [1.29, 1.82) is 0 Å². The number of nitrogens with zero attached hydrogens (tertiary/aromatic N) is 4. The highest BCUT2D eigenvalue weighted by Crippen LogP contribution is 2.36. The maximum Gasteiger partial charge on any atom is 0.251 e. The number of amides is 6. The van der Waals surface area contributed by atoms with Gasteiger partial charge in [0.15, 0.2) is 5.78 Å². The summed E-state index contributed by atoms with van der Waals surface area (Å²) in [5, 5.41) is 9.21. The van der Waals surface area contributed by atoms with Gasteiger partial charge in [0, 0.05) is 93.1 Å². The third-order valence-electron chi connectivity index (χ3n) is 19.8. The molecule has 88 heavy (non-hydrogen) atoms. The van der Waals surface area contributed by atoms with Crippen molar-refractivity contribution >= 4 is 47.0 Å². The predicted octanol–water partition coefficient (Wildman–Crippen LogP) is 10.7. The number of benzene rings is 4. The molecular formula is C73H99N7O8. The Hall–Kier alpha value is -7.00. The molecule has 4 aromatic carbocycles. The summed E-state index contributed by atoms with van der Waals surface area (Å²) in [6.07, 6.45) is 15.4. The number of ketones is 2. The first-order valence-corrected chi connectivity index (χ1v) is 33.3. The minimum Gasteiger partial charge on any atom is -0.344 e. The van der Waals surface area contributed by atoms with Gasteiger partial charge in [0.05, 0.1) is 6.04 Å². The van der Waals surface area contributed by atoms with Crippen molar-refractivity contribution in [3.05, 3.63) is 131 Å². The molecule has 2 aliphatic heterocycles. The summed E-state index contributed by atoms with van der Waals surface area (Å²) in [5.74, 6) is -1.95. The molecule has 4 fully saturated rings. The van der Waals surface area contributed by atoms with Gasteiger partial charge in [-0.05, 0) is 138 Å². The molecule has 8 rings (SSSR count). The number of likely N-dealkylation sites (N-methyl/N-ethyl adjacent to an activating group) is 1. The van der Waals surface area contributed by atoms with Crippen LogP contribution in [0.3, 0.4) is 0 Å². The van der Waals surface area contributed by atoms with Crippen molar-refractivity contribution < 1.29 is 38.4 Å². The van der Waals surface area contributed by atoms with Crippen LogP contribution >= 0.6 is 0 Å². The molecule has 15 nitrogen and oxygen atoms in total. The van der Waals surface area contributed by atoms with Crippen molar-refractivity contribution in [2.24, 2.45) is 29.6 Å². The molecule has 4 aliphatic rings. The highest BCUT2D eigenvalue weighted by Gasteiger charge is 2.42. The van der Waals surface area contributed by atoms with Crippen LogP contribution in [0.15, 0.2) is 109 Å². The van der Waals surface area contributed by atoms with Gasteiger partial charge in [-0.3, -0.25) is 38.4 Å². The first kappa shape index (κ1) is 66.9. The highest BCUT2D eigenvalue weighted by molar-refractivity contribution is 6.00. The summed E-state index contributed by atoms with van der Waals surface area (Å²) in [5.41, 5.74) is 4.70. The van der Waals surface area contributed by atoms with Crippen LogP contribution in [0.4, 0.5) is 0 Å². The molecule has 0 radical (unpaired) electrons. The fourth-order valence-electron chi connectivity index (χ4n) is 13.9. The van der Waals surface area contributed by atoms with Crippen LogP contribution in [-0.2, 0) is 41.6 Å². The van der Waals surface area contributed by atoms with E-state index < -0.39 is 23.9 Å². The van der Waals surface area contributed by atoms with Crippen LogP contribution in [0, 0.1) is 29.6 Å². The van der Waals surface area contributed by atoms with Gasteiger partial charge in [-0.15, -0.1) is 0 Å². The summed E-state index contributed by atoms with van der Waals surface area (Å²) in [6.45, 7) is 11.9. The van der Waals surface area contributed by atoms with E-state index in [-0.39, 0.29) is 95.7 Å². The monoisotopic (exact) mass is 1200 g/mol. The molecule has 0 aromatic heterocycles. The van der Waals surface area contributed by atoms with E-state index in [4.69, 9.17) is 0 Å². The number of hydrogen-bond donors (Lipinski definition) is 3. The van der Waals surface area contributed by atoms with Crippen molar-refractivity contribution in [3.8, 4) is 11.1 Å². The Labute approximate surface area is 523 Å². The molecule has 8 atom stereocenters. The van der Waals surface area contributed by atoms with Crippen LogP contribution in [0.25, 0.3) is 11.1 Å². The molecule has 4 aromatic rings. The molecule has 3 N–H and O–H groups in total. The molecule has 0 unspecified atom stereocenters. The standard InChI is InChI=1S/C73H99N7O8/c1-7-50(2)68(83)76-67(60-28-18-11-19-29-60)73(88)80-43-21-31-63(80)48-77(44-40-54-22-12-8-13-23-54)70(85)51(3)46-66(82)59-36-32-56(33-37-59)57-34-38-61(39-35-57)69(84)75-53(5)71(86)78(45-41-55-24-14-9-15-25-55)49-62-30-20-42-79(62)72(87)64(47-65(81)52(4)74-6)58-26-16-10-17-27-58/h8-9,12-15,22-25,32-39,50-53,58,60,62-64,67,74H,7,10-11,16-21,26-31,40-49H2,1-6H3,(H,75,84)(H,76,83)/t50-,51+,52+,53-,62+,63+,64+,67+/m1/s1. The van der Waals surface area contributed by atoms with Gasteiger partial charge in [-0.2, -0.15) is 0 Å². The second-order valence-electron chi connectivity index (χ2n) is 26.0. The Morgan fingerprint density at radius 1 is 0.511 bits per heavy atom. The Morgan fingerprint density at radius 3 is 1.51 bits per heavy atom. The van der Waals surface area contributed by atoms with Gasteiger partial charge in [0.2, 0.25) is 29.5 Å². The number of Topliss-reactive ketones (excluding diaryl/α,β-unsaturated/α-hetero) is 2. The number of carbonyl (C=O) groups is 8. The molecule has 15 heteroatoms. The van der Waals surface area contributed by atoms with Gasteiger partial charge in [0.25, 0.3) is 5.91 Å². The summed E-state index contributed by atoms with van der Waals surface area (Å²) in [4.78, 5) is 120. The topological polar surface area (TPSA) is 186 Å². The van der Waals surface area contributed by atoms with Crippen molar-refractivity contribution in [1.82, 2.24) is 35.6 Å². The minimum absolute atomic E-state index is 0.00775. The molecule has 0 spiro atoms. The van der Waals surface area contributed by atoms with Crippen LogP contribution in [0.2, 0.25) is 0 Å². The lowest BCUT2D eigenvalue weighted by molar-refractivity contribution is -0.143. The number of hydrogen-bond acceptors (Lipinski definition) is 9. The van der Waals surface area contributed by atoms with Gasteiger partial charge in [-0.25, -0.2) is 0 Å². The molecule has 2 saturated heterocycles. The number of likely N-dealkylation sites (tertiary alicyclic amines) is 2. The second-order valence-corrected chi connectivity index (χ2v) is 26.0. The molecule has 2 aliphatic carbocycles. The Morgan fingerprint density at radius 2 is 1.00 bits per heavy atom. The quantitative estimate of drug-likeness (QED) is 0.0445. The third kappa shape index (κ3) is 18.1. The lowest BCUT2D eigenvalue weighted by Gasteiger charge is -2.37. The van der Waals surface area contributed by atoms with E-state index in [1.54, 1.807) is 43.1 Å². The predicted molar refractivity (Wildman–Crippen MR) is 346 cm³/mol. The van der Waals surface area contributed by atoms with Gasteiger partial charge in [0.1, 0.15) is 17.9 Å². The molecule has 6 amide bonds. The lowest BCUT2D eigenvalue weighted by Crippen LogP contribution is -2.56. The molecule has 474 valence electrons. The van der Waals surface area contributed by atoms with E-state index in [1.165, 1.54) is 0 Å². The van der Waals surface area contributed by atoms with Crippen LogP contribution in [-0.4, -0.2) is 143 Å². The van der Waals surface area contributed by atoms with Crippen LogP contribution in [0.5, 0.6) is 0 Å². The Bertz CT molecular complexity index is 2750. The van der Waals surface area contributed by atoms with E-state index in [9.17, 15) is 38.4 Å². The van der Waals surface area contributed by atoms with Crippen LogP contribution < -0.4 is 16.0 Å². The fraction of sp³-hybridized carbons (Fsp3) is 0.562. The summed E-state index contributed by atoms with van der Waals surface area (Å²) >= 11 is 0. The van der Waals surface area contributed by atoms with Gasteiger partial charge >= 0.3 is 0 Å². The second kappa shape index (κ2) is 33.0. The maximum absolute atomic E-state index is 14.6. The van der Waals surface area contributed by atoms with E-state index in [0.717, 1.165) is 112 Å². The zero-order valence-corrected chi connectivity index (χ0v) is 53.4. The first-order chi connectivity index (χ1) is 42.5. The van der Waals surface area contributed by atoms with E-state index in [0.29, 0.717) is 69.7 Å². The average Bonchev–Trinajstić information content (AvgIpc) is 4.06. The van der Waals surface area contributed by atoms with Gasteiger partial charge < -0.3 is 35.6 Å². The fourth-order valence-corrected chi connectivity index (χ4v) is 13.9.